The predicted octanol–water partition coefficient (Wildman–Crippen LogP) is 2.63. The van der Waals surface area contributed by atoms with Crippen LogP contribution in [-0.4, -0.2) is 43.8 Å². The Morgan fingerprint density at radius 1 is 1.06 bits per heavy atom. The summed E-state index contributed by atoms with van der Waals surface area (Å²) in [7, 11) is 1.02. The van der Waals surface area contributed by atoms with E-state index in [4.69, 9.17) is 4.12 Å². The Hall–Kier alpha value is 0.314. The van der Waals surface area contributed by atoms with E-state index in [9.17, 15) is 0 Å². The van der Waals surface area contributed by atoms with Crippen LogP contribution in [0.3, 0.4) is 0 Å². The van der Waals surface area contributed by atoms with Crippen molar-refractivity contribution in [3.8, 4) is 0 Å². The SMILES string of the molecule is CNCCC[Si](C)(C)O[Si](C)(C)C(C)CNC. The average molecular weight is 277 g/mol. The van der Waals surface area contributed by atoms with E-state index in [0.717, 1.165) is 13.1 Å². The molecule has 2 N–H and O–H groups in total. The van der Waals surface area contributed by atoms with Crippen molar-refractivity contribution in [1.82, 2.24) is 10.6 Å². The van der Waals surface area contributed by atoms with Gasteiger partial charge in [-0.3, -0.25) is 0 Å². The van der Waals surface area contributed by atoms with E-state index in [1.165, 1.54) is 12.5 Å². The molecule has 0 rings (SSSR count). The summed E-state index contributed by atoms with van der Waals surface area (Å²) in [5, 5.41) is 6.49. The maximum absolute atomic E-state index is 6.60. The molecule has 0 fully saturated rings. The largest absolute Gasteiger partial charge is 0.455 e. The van der Waals surface area contributed by atoms with Crippen molar-refractivity contribution in [2.45, 2.75) is 51.1 Å². The van der Waals surface area contributed by atoms with Crippen LogP contribution in [0.25, 0.3) is 0 Å². The molecule has 104 valence electrons. The highest BCUT2D eigenvalue weighted by Crippen LogP contribution is 2.27. The molecule has 0 aromatic heterocycles. The smallest absolute Gasteiger partial charge is 0.177 e. The quantitative estimate of drug-likeness (QED) is 0.502. The molecule has 17 heavy (non-hydrogen) atoms. The van der Waals surface area contributed by atoms with Crippen LogP contribution in [-0.2, 0) is 4.12 Å². The van der Waals surface area contributed by atoms with Gasteiger partial charge >= 0.3 is 0 Å². The lowest BCUT2D eigenvalue weighted by Crippen LogP contribution is -2.48. The Balaban J connectivity index is 4.26. The van der Waals surface area contributed by atoms with Crippen molar-refractivity contribution in [2.24, 2.45) is 0 Å². The molecule has 0 saturated carbocycles. The summed E-state index contributed by atoms with van der Waals surface area (Å²) in [6.07, 6.45) is 1.24. The second-order valence-corrected chi connectivity index (χ2v) is 15.2. The molecule has 0 bridgehead atoms. The van der Waals surface area contributed by atoms with Crippen LogP contribution in [0.4, 0.5) is 0 Å². The molecule has 0 spiro atoms. The van der Waals surface area contributed by atoms with Gasteiger partial charge in [0.2, 0.25) is 0 Å². The lowest BCUT2D eigenvalue weighted by atomic mass is 10.5. The van der Waals surface area contributed by atoms with Gasteiger partial charge in [0.15, 0.2) is 16.6 Å². The summed E-state index contributed by atoms with van der Waals surface area (Å²) in [5.41, 5.74) is 0.670. The summed E-state index contributed by atoms with van der Waals surface area (Å²) in [6, 6.07) is 1.26. The zero-order valence-electron chi connectivity index (χ0n) is 12.8. The minimum absolute atomic E-state index is 0.670. The maximum atomic E-state index is 6.60. The van der Waals surface area contributed by atoms with Gasteiger partial charge in [0.25, 0.3) is 0 Å². The first-order valence-corrected chi connectivity index (χ1v) is 12.8. The van der Waals surface area contributed by atoms with Crippen LogP contribution >= 0.6 is 0 Å². The van der Waals surface area contributed by atoms with Crippen LogP contribution in [0, 0.1) is 0 Å². The average Bonchev–Trinajstić information content (AvgIpc) is 2.16. The van der Waals surface area contributed by atoms with Gasteiger partial charge in [-0.05, 0) is 71.4 Å². The summed E-state index contributed by atoms with van der Waals surface area (Å²) in [4.78, 5) is 0. The molecule has 1 atom stereocenters. The third-order valence-electron chi connectivity index (χ3n) is 3.44. The van der Waals surface area contributed by atoms with E-state index >= 15 is 0 Å². The lowest BCUT2D eigenvalue weighted by Gasteiger charge is -2.38. The second-order valence-electron chi connectivity index (χ2n) is 6.13. The van der Waals surface area contributed by atoms with Crippen LogP contribution in [0.2, 0.25) is 37.8 Å². The fourth-order valence-electron chi connectivity index (χ4n) is 2.11. The number of hydrogen-bond acceptors (Lipinski definition) is 3. The van der Waals surface area contributed by atoms with Gasteiger partial charge in [-0.15, -0.1) is 0 Å². The first-order chi connectivity index (χ1) is 7.75. The van der Waals surface area contributed by atoms with Crippen LogP contribution in [0.15, 0.2) is 0 Å². The molecule has 0 aromatic carbocycles. The predicted molar refractivity (Wildman–Crippen MR) is 82.8 cm³/mol. The maximum Gasteiger partial charge on any atom is 0.177 e. The zero-order chi connectivity index (χ0) is 13.5. The Morgan fingerprint density at radius 3 is 2.12 bits per heavy atom. The minimum atomic E-state index is -1.54. The molecule has 0 heterocycles. The summed E-state index contributed by atoms with van der Waals surface area (Å²) in [5.74, 6) is 0. The van der Waals surface area contributed by atoms with E-state index < -0.39 is 16.6 Å². The highest BCUT2D eigenvalue weighted by molar-refractivity contribution is 6.85. The van der Waals surface area contributed by atoms with Gasteiger partial charge in [0, 0.05) is 0 Å². The number of hydrogen-bond donors (Lipinski definition) is 2. The van der Waals surface area contributed by atoms with Crippen molar-refractivity contribution in [2.75, 3.05) is 27.2 Å². The Labute approximate surface area is 110 Å². The summed E-state index contributed by atoms with van der Waals surface area (Å²) in [6.45, 7) is 13.9. The Morgan fingerprint density at radius 2 is 1.65 bits per heavy atom. The molecule has 0 radical (unpaired) electrons. The zero-order valence-corrected chi connectivity index (χ0v) is 14.8. The molecule has 3 nitrogen and oxygen atoms in total. The molecular formula is C12H32N2OSi2. The van der Waals surface area contributed by atoms with E-state index in [2.05, 4.69) is 43.7 Å². The van der Waals surface area contributed by atoms with Gasteiger partial charge in [-0.1, -0.05) is 6.92 Å². The molecule has 5 heteroatoms. The first kappa shape index (κ1) is 17.3. The number of nitrogens with one attached hydrogen (secondary N) is 2. The van der Waals surface area contributed by atoms with Crippen molar-refractivity contribution in [3.05, 3.63) is 0 Å². The van der Waals surface area contributed by atoms with Crippen LogP contribution in [0.1, 0.15) is 13.3 Å². The fraction of sp³-hybridized carbons (Fsp3) is 1.00. The Kier molecular flexibility index (Phi) is 7.83. The van der Waals surface area contributed by atoms with Crippen LogP contribution in [0.5, 0.6) is 0 Å². The van der Waals surface area contributed by atoms with Crippen molar-refractivity contribution < 1.29 is 4.12 Å². The molecule has 0 amide bonds. The normalized spacial score (nSPS) is 15.0. The molecule has 0 aromatic rings. The topological polar surface area (TPSA) is 33.3 Å². The van der Waals surface area contributed by atoms with Crippen molar-refractivity contribution in [3.63, 3.8) is 0 Å². The number of rotatable bonds is 9. The highest BCUT2D eigenvalue weighted by atomic mass is 28.4. The molecule has 0 aliphatic rings. The summed E-state index contributed by atoms with van der Waals surface area (Å²) >= 11 is 0. The standard InChI is InChI=1S/C12H32N2OSi2/c1-12(11-14-3)17(6,7)15-16(4,5)10-8-9-13-2/h12-14H,8-11H2,1-7H3. The van der Waals surface area contributed by atoms with Crippen molar-refractivity contribution >= 4 is 16.6 Å². The first-order valence-electron chi connectivity index (χ1n) is 6.74. The van der Waals surface area contributed by atoms with Gasteiger partial charge in [-0.25, -0.2) is 0 Å². The fourth-order valence-corrected chi connectivity index (χ4v) is 10.7. The molecule has 0 aliphatic heterocycles. The molecule has 0 saturated heterocycles. The van der Waals surface area contributed by atoms with E-state index in [1.807, 2.05) is 14.1 Å². The molecule has 1 unspecified atom stereocenters. The van der Waals surface area contributed by atoms with E-state index in [0.29, 0.717) is 5.54 Å². The monoisotopic (exact) mass is 276 g/mol. The third-order valence-corrected chi connectivity index (χ3v) is 11.9. The van der Waals surface area contributed by atoms with Gasteiger partial charge in [0.05, 0.1) is 0 Å². The minimum Gasteiger partial charge on any atom is -0.455 e. The third kappa shape index (κ3) is 7.36. The highest BCUT2D eigenvalue weighted by Gasteiger charge is 2.36. The van der Waals surface area contributed by atoms with E-state index in [-0.39, 0.29) is 0 Å². The van der Waals surface area contributed by atoms with Crippen molar-refractivity contribution in [1.29, 1.82) is 0 Å². The Bertz CT molecular complexity index is 211. The van der Waals surface area contributed by atoms with E-state index in [1.54, 1.807) is 0 Å². The van der Waals surface area contributed by atoms with Gasteiger partial charge in [-0.2, -0.15) is 0 Å². The molecule has 0 aliphatic carbocycles. The molecular weight excluding hydrogens is 244 g/mol. The summed E-state index contributed by atoms with van der Waals surface area (Å²) < 4.78 is 6.60. The van der Waals surface area contributed by atoms with Crippen LogP contribution < -0.4 is 10.6 Å². The van der Waals surface area contributed by atoms with Gasteiger partial charge < -0.3 is 14.7 Å². The van der Waals surface area contributed by atoms with Gasteiger partial charge in [0.1, 0.15) is 0 Å². The lowest BCUT2D eigenvalue weighted by molar-refractivity contribution is 0.509. The second kappa shape index (κ2) is 7.68.